The van der Waals surface area contributed by atoms with E-state index >= 15 is 0 Å². The Morgan fingerprint density at radius 3 is 2.23 bits per heavy atom. The van der Waals surface area contributed by atoms with E-state index in [4.69, 9.17) is 9.40 Å². The van der Waals surface area contributed by atoms with Crippen molar-refractivity contribution in [1.29, 1.82) is 0 Å². The minimum absolute atomic E-state index is 0.893. The molecule has 0 atom stereocenters. The highest BCUT2D eigenvalue weighted by molar-refractivity contribution is 6.35. The Morgan fingerprint density at radius 2 is 1.37 bits per heavy atom. The molecule has 3 aromatic carbocycles. The molecule has 7 aromatic rings. The second-order valence-electron chi connectivity index (χ2n) is 7.49. The second-order valence-corrected chi connectivity index (χ2v) is 7.49. The minimum atomic E-state index is 0.893. The summed E-state index contributed by atoms with van der Waals surface area (Å²) in [4.78, 5) is 9.00. The summed E-state index contributed by atoms with van der Waals surface area (Å²) in [5.74, 6) is 0. The lowest BCUT2D eigenvalue weighted by Crippen LogP contribution is -1.95. The van der Waals surface area contributed by atoms with Gasteiger partial charge in [-0.2, -0.15) is 0 Å². The van der Waals surface area contributed by atoms with Crippen molar-refractivity contribution in [3.05, 3.63) is 91.4 Å². The highest BCUT2D eigenvalue weighted by Gasteiger charge is 2.22. The molecule has 0 aliphatic heterocycles. The maximum atomic E-state index is 6.41. The molecule has 7 rings (SSSR count). The summed E-state index contributed by atoms with van der Waals surface area (Å²) in [6.07, 6.45) is 5.50. The fourth-order valence-corrected chi connectivity index (χ4v) is 4.74. The van der Waals surface area contributed by atoms with E-state index in [2.05, 4.69) is 52.0 Å². The first kappa shape index (κ1) is 15.7. The molecule has 0 amide bonds. The third-order valence-corrected chi connectivity index (χ3v) is 5.92. The topological polar surface area (TPSA) is 43.9 Å². The second kappa shape index (κ2) is 5.67. The standard InChI is InChI=1S/C26H15N3O/c1-2-7-18-17(6-1)22-20-9-5-13-28-26(20)29(16-11-14-27-15-12-16)24(22)23-19-8-3-4-10-21(19)30-25(18)23/h1-15H. The zero-order chi connectivity index (χ0) is 19.7. The number of furan rings is 1. The largest absolute Gasteiger partial charge is 0.455 e. The smallest absolute Gasteiger partial charge is 0.145 e. The lowest BCUT2D eigenvalue weighted by atomic mass is 10.00. The summed E-state index contributed by atoms with van der Waals surface area (Å²) in [6.45, 7) is 0. The van der Waals surface area contributed by atoms with Crippen molar-refractivity contribution < 1.29 is 4.42 Å². The number of aromatic nitrogens is 3. The summed E-state index contributed by atoms with van der Waals surface area (Å²) in [5, 5.41) is 6.85. The normalized spacial score (nSPS) is 12.0. The van der Waals surface area contributed by atoms with Crippen molar-refractivity contribution >= 4 is 54.6 Å². The zero-order valence-corrected chi connectivity index (χ0v) is 15.9. The Morgan fingerprint density at radius 1 is 0.633 bits per heavy atom. The zero-order valence-electron chi connectivity index (χ0n) is 15.9. The van der Waals surface area contributed by atoms with Gasteiger partial charge in [0.1, 0.15) is 16.8 Å². The molecule has 4 heterocycles. The van der Waals surface area contributed by atoms with Crippen LogP contribution in [0.5, 0.6) is 0 Å². The van der Waals surface area contributed by atoms with Gasteiger partial charge < -0.3 is 4.42 Å². The van der Waals surface area contributed by atoms with Gasteiger partial charge in [0.05, 0.1) is 16.6 Å². The van der Waals surface area contributed by atoms with E-state index in [1.807, 2.05) is 48.9 Å². The fraction of sp³-hybridized carbons (Fsp3) is 0. The molecule has 0 aliphatic rings. The molecule has 0 N–H and O–H groups in total. The molecule has 0 saturated heterocycles. The number of hydrogen-bond donors (Lipinski definition) is 0. The molecule has 140 valence electrons. The first-order chi connectivity index (χ1) is 14.9. The number of nitrogens with zero attached hydrogens (tertiary/aromatic N) is 3. The fourth-order valence-electron chi connectivity index (χ4n) is 4.74. The van der Waals surface area contributed by atoms with Gasteiger partial charge in [-0.15, -0.1) is 0 Å². The van der Waals surface area contributed by atoms with Crippen LogP contribution in [0.2, 0.25) is 0 Å². The van der Waals surface area contributed by atoms with Gasteiger partial charge in [0.2, 0.25) is 0 Å². The molecule has 0 unspecified atom stereocenters. The maximum Gasteiger partial charge on any atom is 0.145 e. The Kier molecular flexibility index (Phi) is 2.97. The predicted octanol–water partition coefficient (Wildman–Crippen LogP) is 6.63. The van der Waals surface area contributed by atoms with Crippen LogP contribution < -0.4 is 0 Å². The van der Waals surface area contributed by atoms with E-state index in [0.717, 1.165) is 49.6 Å². The molecule has 0 bridgehead atoms. The quantitative estimate of drug-likeness (QED) is 0.319. The molecule has 0 saturated carbocycles. The van der Waals surface area contributed by atoms with Gasteiger partial charge in [0, 0.05) is 40.1 Å². The molecular formula is C26H15N3O. The first-order valence-corrected chi connectivity index (χ1v) is 9.93. The van der Waals surface area contributed by atoms with Crippen LogP contribution in [0.3, 0.4) is 0 Å². The minimum Gasteiger partial charge on any atom is -0.455 e. The highest BCUT2D eigenvalue weighted by Crippen LogP contribution is 2.45. The molecule has 4 aromatic heterocycles. The van der Waals surface area contributed by atoms with Crippen LogP contribution in [0.1, 0.15) is 0 Å². The Balaban J connectivity index is 1.91. The monoisotopic (exact) mass is 385 g/mol. The van der Waals surface area contributed by atoms with Crippen molar-refractivity contribution in [2.45, 2.75) is 0 Å². The number of benzene rings is 3. The molecule has 4 nitrogen and oxygen atoms in total. The number of fused-ring (bicyclic) bond motifs is 10. The maximum absolute atomic E-state index is 6.41. The van der Waals surface area contributed by atoms with E-state index in [9.17, 15) is 0 Å². The molecule has 0 spiro atoms. The van der Waals surface area contributed by atoms with Gasteiger partial charge in [-0.05, 0) is 35.7 Å². The van der Waals surface area contributed by atoms with Crippen molar-refractivity contribution in [3.8, 4) is 5.69 Å². The molecule has 0 fully saturated rings. The summed E-state index contributed by atoms with van der Waals surface area (Å²) in [7, 11) is 0. The summed E-state index contributed by atoms with van der Waals surface area (Å²) in [6, 6.07) is 24.9. The molecular weight excluding hydrogens is 370 g/mol. The van der Waals surface area contributed by atoms with E-state index < -0.39 is 0 Å². The van der Waals surface area contributed by atoms with Gasteiger partial charge in [-0.1, -0.05) is 42.5 Å². The molecule has 4 heteroatoms. The van der Waals surface area contributed by atoms with Gasteiger partial charge in [0.25, 0.3) is 0 Å². The summed E-state index contributed by atoms with van der Waals surface area (Å²) in [5.41, 5.74) is 4.89. The molecule has 30 heavy (non-hydrogen) atoms. The number of pyridine rings is 2. The Labute approximate surface area is 171 Å². The van der Waals surface area contributed by atoms with E-state index in [1.165, 1.54) is 10.8 Å². The SMILES string of the molecule is c1ccc2c(c1)oc1c3ccccc3c3c4cccnc4n(-c4ccncc4)c3c21. The van der Waals surface area contributed by atoms with E-state index in [1.54, 1.807) is 0 Å². The van der Waals surface area contributed by atoms with Crippen LogP contribution in [0, 0.1) is 0 Å². The van der Waals surface area contributed by atoms with Crippen LogP contribution in [0.4, 0.5) is 0 Å². The van der Waals surface area contributed by atoms with Crippen LogP contribution in [0.25, 0.3) is 60.3 Å². The third kappa shape index (κ3) is 1.90. The van der Waals surface area contributed by atoms with Crippen molar-refractivity contribution in [2.24, 2.45) is 0 Å². The van der Waals surface area contributed by atoms with Crippen LogP contribution in [0.15, 0.2) is 95.8 Å². The van der Waals surface area contributed by atoms with Gasteiger partial charge in [-0.3, -0.25) is 9.55 Å². The number of rotatable bonds is 1. The number of para-hydroxylation sites is 1. The lowest BCUT2D eigenvalue weighted by molar-refractivity contribution is 0.673. The summed E-state index contributed by atoms with van der Waals surface area (Å²) >= 11 is 0. The lowest BCUT2D eigenvalue weighted by Gasteiger charge is -2.09. The molecule has 0 radical (unpaired) electrons. The summed E-state index contributed by atoms with van der Waals surface area (Å²) < 4.78 is 8.65. The van der Waals surface area contributed by atoms with Crippen molar-refractivity contribution in [2.75, 3.05) is 0 Å². The van der Waals surface area contributed by atoms with Crippen LogP contribution in [-0.2, 0) is 0 Å². The van der Waals surface area contributed by atoms with Crippen LogP contribution >= 0.6 is 0 Å². The average Bonchev–Trinajstić information content (AvgIpc) is 3.36. The van der Waals surface area contributed by atoms with Crippen LogP contribution in [-0.4, -0.2) is 14.5 Å². The van der Waals surface area contributed by atoms with Crippen molar-refractivity contribution in [3.63, 3.8) is 0 Å². The Bertz CT molecular complexity index is 1740. The van der Waals surface area contributed by atoms with Gasteiger partial charge in [0.15, 0.2) is 0 Å². The predicted molar refractivity (Wildman–Crippen MR) is 121 cm³/mol. The first-order valence-electron chi connectivity index (χ1n) is 9.93. The number of hydrogen-bond acceptors (Lipinski definition) is 3. The average molecular weight is 385 g/mol. The van der Waals surface area contributed by atoms with Gasteiger partial charge in [-0.25, -0.2) is 4.98 Å². The third-order valence-electron chi connectivity index (χ3n) is 5.92. The van der Waals surface area contributed by atoms with E-state index in [-0.39, 0.29) is 0 Å². The highest BCUT2D eigenvalue weighted by atomic mass is 16.3. The Hall–Kier alpha value is -4.18. The van der Waals surface area contributed by atoms with E-state index in [0.29, 0.717) is 0 Å². The van der Waals surface area contributed by atoms with Gasteiger partial charge >= 0.3 is 0 Å². The molecule has 0 aliphatic carbocycles. The van der Waals surface area contributed by atoms with Crippen molar-refractivity contribution in [1.82, 2.24) is 14.5 Å².